The van der Waals surface area contributed by atoms with Crippen LogP contribution in [0, 0.1) is 5.92 Å². The second-order valence-corrected chi connectivity index (χ2v) is 6.28. The number of rotatable bonds is 11. The Morgan fingerprint density at radius 2 is 1.75 bits per heavy atom. The van der Waals surface area contributed by atoms with Crippen molar-refractivity contribution in [1.82, 2.24) is 10.6 Å². The second-order valence-electron chi connectivity index (χ2n) is 6.28. The summed E-state index contributed by atoms with van der Waals surface area (Å²) in [7, 11) is 1.79. The van der Waals surface area contributed by atoms with Gasteiger partial charge in [0, 0.05) is 53.2 Å². The molecule has 0 spiro atoms. The third-order valence-corrected chi connectivity index (χ3v) is 3.57. The fourth-order valence-electron chi connectivity index (χ4n) is 2.29. The van der Waals surface area contributed by atoms with Crippen molar-refractivity contribution >= 4 is 29.9 Å². The predicted molar refractivity (Wildman–Crippen MR) is 109 cm³/mol. The van der Waals surface area contributed by atoms with Gasteiger partial charge in [-0.1, -0.05) is 13.8 Å². The summed E-state index contributed by atoms with van der Waals surface area (Å²) in [5, 5.41) is 6.61. The van der Waals surface area contributed by atoms with E-state index in [9.17, 15) is 0 Å². The summed E-state index contributed by atoms with van der Waals surface area (Å²) in [6.07, 6.45) is 4.40. The minimum absolute atomic E-state index is 0. The van der Waals surface area contributed by atoms with Crippen LogP contribution in [0.5, 0.6) is 0 Å². The zero-order valence-electron chi connectivity index (χ0n) is 15.5. The smallest absolute Gasteiger partial charge is 0.190 e. The molecule has 24 heavy (non-hydrogen) atoms. The van der Waals surface area contributed by atoms with Crippen LogP contribution in [0.3, 0.4) is 0 Å². The highest BCUT2D eigenvalue weighted by Crippen LogP contribution is 2.10. The summed E-state index contributed by atoms with van der Waals surface area (Å²) < 4.78 is 16.7. The van der Waals surface area contributed by atoms with Crippen LogP contribution in [0.2, 0.25) is 0 Å². The van der Waals surface area contributed by atoms with Gasteiger partial charge in [0.1, 0.15) is 0 Å². The van der Waals surface area contributed by atoms with Gasteiger partial charge in [-0.3, -0.25) is 4.99 Å². The van der Waals surface area contributed by atoms with E-state index < -0.39 is 0 Å². The Morgan fingerprint density at radius 1 is 1.12 bits per heavy atom. The number of guanidine groups is 1. The number of nitrogens with zero attached hydrogens (tertiary/aromatic N) is 1. The van der Waals surface area contributed by atoms with Crippen LogP contribution in [-0.2, 0) is 14.2 Å². The summed E-state index contributed by atoms with van der Waals surface area (Å²) in [5.74, 6) is 1.45. The van der Waals surface area contributed by atoms with Crippen molar-refractivity contribution in [2.45, 2.75) is 45.6 Å². The molecule has 1 fully saturated rings. The Balaban J connectivity index is 0.00000529. The molecule has 0 aliphatic carbocycles. The van der Waals surface area contributed by atoms with Gasteiger partial charge in [-0.25, -0.2) is 0 Å². The van der Waals surface area contributed by atoms with Crippen LogP contribution < -0.4 is 10.6 Å². The SMILES string of the molecule is CN=C(NCCCOCC(C)C)NCCCOC1CCOCC1.I. The molecule has 6 nitrogen and oxygen atoms in total. The van der Waals surface area contributed by atoms with E-state index in [1.165, 1.54) is 0 Å². The first-order valence-electron chi connectivity index (χ1n) is 8.94. The molecule has 1 heterocycles. The minimum Gasteiger partial charge on any atom is -0.381 e. The molecule has 0 unspecified atom stereocenters. The first-order valence-corrected chi connectivity index (χ1v) is 8.94. The Morgan fingerprint density at radius 3 is 2.33 bits per heavy atom. The van der Waals surface area contributed by atoms with Gasteiger partial charge >= 0.3 is 0 Å². The third-order valence-electron chi connectivity index (χ3n) is 3.57. The molecular formula is C17H36IN3O3. The quantitative estimate of drug-likeness (QED) is 0.216. The molecule has 7 heteroatoms. The molecule has 1 aliphatic rings. The van der Waals surface area contributed by atoms with Crippen LogP contribution >= 0.6 is 24.0 Å². The highest BCUT2D eigenvalue weighted by Gasteiger charge is 2.13. The number of hydrogen-bond acceptors (Lipinski definition) is 4. The van der Waals surface area contributed by atoms with Crippen molar-refractivity contribution in [2.24, 2.45) is 10.9 Å². The van der Waals surface area contributed by atoms with E-state index in [0.29, 0.717) is 12.0 Å². The van der Waals surface area contributed by atoms with E-state index in [1.54, 1.807) is 7.05 Å². The number of hydrogen-bond donors (Lipinski definition) is 2. The average molecular weight is 457 g/mol. The molecule has 0 atom stereocenters. The lowest BCUT2D eigenvalue weighted by atomic mass is 10.1. The lowest BCUT2D eigenvalue weighted by molar-refractivity contribution is -0.0320. The Kier molecular flexibility index (Phi) is 16.3. The molecule has 1 aliphatic heterocycles. The van der Waals surface area contributed by atoms with E-state index in [-0.39, 0.29) is 24.0 Å². The van der Waals surface area contributed by atoms with E-state index in [2.05, 4.69) is 29.5 Å². The largest absolute Gasteiger partial charge is 0.381 e. The van der Waals surface area contributed by atoms with Crippen molar-refractivity contribution in [3.63, 3.8) is 0 Å². The summed E-state index contributed by atoms with van der Waals surface area (Å²) in [5.41, 5.74) is 0. The molecule has 144 valence electrons. The molecule has 0 radical (unpaired) electrons. The topological polar surface area (TPSA) is 64.1 Å². The molecule has 0 bridgehead atoms. The molecule has 0 aromatic rings. The molecule has 0 aromatic heterocycles. The maximum Gasteiger partial charge on any atom is 0.190 e. The highest BCUT2D eigenvalue weighted by atomic mass is 127. The summed E-state index contributed by atoms with van der Waals surface area (Å²) >= 11 is 0. The zero-order chi connectivity index (χ0) is 16.8. The molecular weight excluding hydrogens is 421 g/mol. The van der Waals surface area contributed by atoms with Gasteiger partial charge in [0.05, 0.1) is 6.10 Å². The Labute approximate surface area is 164 Å². The van der Waals surface area contributed by atoms with E-state index in [0.717, 1.165) is 77.8 Å². The lowest BCUT2D eigenvalue weighted by Gasteiger charge is -2.22. The Hall–Kier alpha value is -0.120. The van der Waals surface area contributed by atoms with Crippen LogP contribution in [0.15, 0.2) is 4.99 Å². The molecule has 0 saturated carbocycles. The maximum atomic E-state index is 5.85. The lowest BCUT2D eigenvalue weighted by Crippen LogP contribution is -2.38. The maximum absolute atomic E-state index is 5.85. The molecule has 1 rings (SSSR count). The van der Waals surface area contributed by atoms with Gasteiger partial charge in [0.25, 0.3) is 0 Å². The van der Waals surface area contributed by atoms with E-state index in [4.69, 9.17) is 14.2 Å². The van der Waals surface area contributed by atoms with Crippen molar-refractivity contribution < 1.29 is 14.2 Å². The highest BCUT2D eigenvalue weighted by molar-refractivity contribution is 14.0. The fraction of sp³-hybridized carbons (Fsp3) is 0.941. The summed E-state index contributed by atoms with van der Waals surface area (Å²) in [6, 6.07) is 0. The van der Waals surface area contributed by atoms with Crippen LogP contribution in [0.4, 0.5) is 0 Å². The van der Waals surface area contributed by atoms with Gasteiger partial charge in [0.2, 0.25) is 0 Å². The van der Waals surface area contributed by atoms with Gasteiger partial charge in [-0.05, 0) is 31.6 Å². The molecule has 0 amide bonds. The van der Waals surface area contributed by atoms with Crippen LogP contribution in [0.1, 0.15) is 39.5 Å². The van der Waals surface area contributed by atoms with Crippen LogP contribution in [0.25, 0.3) is 0 Å². The number of aliphatic imine (C=N–C) groups is 1. The number of nitrogens with one attached hydrogen (secondary N) is 2. The van der Waals surface area contributed by atoms with Crippen molar-refractivity contribution in [3.05, 3.63) is 0 Å². The number of ether oxygens (including phenoxy) is 3. The van der Waals surface area contributed by atoms with Gasteiger partial charge < -0.3 is 24.8 Å². The van der Waals surface area contributed by atoms with Crippen molar-refractivity contribution in [1.29, 1.82) is 0 Å². The minimum atomic E-state index is 0. The van der Waals surface area contributed by atoms with Crippen LogP contribution in [-0.4, -0.2) is 65.2 Å². The Bertz CT molecular complexity index is 311. The summed E-state index contributed by atoms with van der Waals surface area (Å²) in [6.45, 7) is 10.1. The second kappa shape index (κ2) is 16.4. The van der Waals surface area contributed by atoms with Crippen molar-refractivity contribution in [2.75, 3.05) is 53.2 Å². The fourth-order valence-corrected chi connectivity index (χ4v) is 2.29. The average Bonchev–Trinajstić information content (AvgIpc) is 2.56. The normalized spacial score (nSPS) is 16.1. The zero-order valence-corrected chi connectivity index (χ0v) is 17.8. The third kappa shape index (κ3) is 13.2. The molecule has 1 saturated heterocycles. The van der Waals surface area contributed by atoms with Gasteiger partial charge in [-0.2, -0.15) is 0 Å². The van der Waals surface area contributed by atoms with E-state index in [1.807, 2.05) is 0 Å². The van der Waals surface area contributed by atoms with Crippen molar-refractivity contribution in [3.8, 4) is 0 Å². The standard InChI is InChI=1S/C17H35N3O3.HI/c1-15(2)14-22-10-4-8-19-17(18-3)20-9-5-11-23-16-6-12-21-13-7-16;/h15-16H,4-14H2,1-3H3,(H2,18,19,20);1H. The number of halogens is 1. The first-order chi connectivity index (χ1) is 11.2. The molecule has 2 N–H and O–H groups in total. The van der Waals surface area contributed by atoms with Gasteiger partial charge in [0.15, 0.2) is 5.96 Å². The molecule has 0 aromatic carbocycles. The predicted octanol–water partition coefficient (Wildman–Crippen LogP) is 2.42. The first kappa shape index (κ1) is 23.9. The monoisotopic (exact) mass is 457 g/mol. The van der Waals surface area contributed by atoms with Gasteiger partial charge in [-0.15, -0.1) is 24.0 Å². The summed E-state index contributed by atoms with van der Waals surface area (Å²) in [4.78, 5) is 4.22. The van der Waals surface area contributed by atoms with E-state index >= 15 is 0 Å².